The zero-order chi connectivity index (χ0) is 15.5. The van der Waals surface area contributed by atoms with Crippen molar-refractivity contribution in [3.63, 3.8) is 0 Å². The zero-order valence-corrected chi connectivity index (χ0v) is 12.3. The van der Waals surface area contributed by atoms with E-state index in [2.05, 4.69) is 22.6 Å². The van der Waals surface area contributed by atoms with E-state index in [9.17, 15) is 0 Å². The summed E-state index contributed by atoms with van der Waals surface area (Å²) in [5.74, 6) is 0. The maximum Gasteiger partial charge on any atom is 0.0622 e. The molecule has 0 aliphatic carbocycles. The molecule has 110 valence electrons. The van der Waals surface area contributed by atoms with Crippen molar-refractivity contribution in [1.29, 1.82) is 0 Å². The van der Waals surface area contributed by atoms with Crippen LogP contribution in [0.4, 0.5) is 17.1 Å². The first-order valence-corrected chi connectivity index (χ1v) is 7.02. The molecule has 3 rings (SSSR count). The van der Waals surface area contributed by atoms with Crippen LogP contribution in [0.1, 0.15) is 0 Å². The summed E-state index contributed by atoms with van der Waals surface area (Å²) < 4.78 is 0. The largest absolute Gasteiger partial charge is 0.301 e. The highest BCUT2D eigenvalue weighted by atomic mass is 15.4. The van der Waals surface area contributed by atoms with Gasteiger partial charge in [0.25, 0.3) is 0 Å². The van der Waals surface area contributed by atoms with Crippen molar-refractivity contribution in [2.75, 3.05) is 10.9 Å². The van der Waals surface area contributed by atoms with Gasteiger partial charge in [0.1, 0.15) is 0 Å². The number of benzene rings is 3. The summed E-state index contributed by atoms with van der Waals surface area (Å²) in [5.41, 5.74) is 9.25. The van der Waals surface area contributed by atoms with Crippen LogP contribution in [0.3, 0.4) is 0 Å². The standard InChI is InChI=1S/C12H12N2.C7H7N/c1-3-7-11(8-4-1)13-14-12-9-5-2-6-10-12;1-8-7-5-3-2-4-6-7/h1-10,13-14H;2-6H,1H2. The van der Waals surface area contributed by atoms with E-state index in [4.69, 9.17) is 0 Å². The lowest BCUT2D eigenvalue weighted by Crippen LogP contribution is -2.07. The Balaban J connectivity index is 0.000000188. The van der Waals surface area contributed by atoms with Gasteiger partial charge in [-0.3, -0.25) is 4.99 Å². The molecule has 22 heavy (non-hydrogen) atoms. The predicted octanol–water partition coefficient (Wildman–Crippen LogP) is 5.14. The highest BCUT2D eigenvalue weighted by molar-refractivity contribution is 5.51. The third-order valence-electron chi connectivity index (χ3n) is 2.84. The Kier molecular flexibility index (Phi) is 6.25. The Labute approximate surface area is 131 Å². The molecule has 3 heteroatoms. The average molecular weight is 289 g/mol. The van der Waals surface area contributed by atoms with Crippen molar-refractivity contribution in [3.05, 3.63) is 91.0 Å². The van der Waals surface area contributed by atoms with E-state index in [1.807, 2.05) is 91.0 Å². The van der Waals surface area contributed by atoms with Gasteiger partial charge in [-0.05, 0) is 43.1 Å². The Morgan fingerprint density at radius 3 is 1.23 bits per heavy atom. The van der Waals surface area contributed by atoms with Gasteiger partial charge >= 0.3 is 0 Å². The van der Waals surface area contributed by atoms with E-state index in [-0.39, 0.29) is 0 Å². The molecule has 0 bridgehead atoms. The Morgan fingerprint density at radius 2 is 0.909 bits per heavy atom. The molecule has 0 radical (unpaired) electrons. The smallest absolute Gasteiger partial charge is 0.0622 e. The van der Waals surface area contributed by atoms with Crippen molar-refractivity contribution >= 4 is 23.8 Å². The molecule has 0 saturated heterocycles. The van der Waals surface area contributed by atoms with E-state index < -0.39 is 0 Å². The van der Waals surface area contributed by atoms with Gasteiger partial charge in [0.15, 0.2) is 0 Å². The van der Waals surface area contributed by atoms with Crippen LogP contribution in [-0.4, -0.2) is 6.72 Å². The van der Waals surface area contributed by atoms with E-state index in [0.717, 1.165) is 17.1 Å². The van der Waals surface area contributed by atoms with Crippen LogP contribution in [0, 0.1) is 0 Å². The number of nitrogens with one attached hydrogen (secondary N) is 2. The summed E-state index contributed by atoms with van der Waals surface area (Å²) in [4.78, 5) is 3.72. The third kappa shape index (κ3) is 5.51. The molecule has 0 spiro atoms. The zero-order valence-electron chi connectivity index (χ0n) is 12.3. The molecule has 0 amide bonds. The molecule has 0 aromatic heterocycles. The second-order valence-corrected chi connectivity index (χ2v) is 4.48. The number of para-hydroxylation sites is 3. The molecule has 0 fully saturated rings. The molecule has 0 saturated carbocycles. The molecule has 3 aromatic carbocycles. The van der Waals surface area contributed by atoms with Gasteiger partial charge < -0.3 is 10.9 Å². The maximum absolute atomic E-state index is 3.72. The van der Waals surface area contributed by atoms with Gasteiger partial charge in [0.05, 0.1) is 17.1 Å². The lowest BCUT2D eigenvalue weighted by atomic mass is 10.3. The summed E-state index contributed by atoms with van der Waals surface area (Å²) in [6.45, 7) is 3.38. The number of aliphatic imine (C=N–C) groups is 1. The molecule has 0 aliphatic heterocycles. The molecule has 3 aromatic rings. The normalized spacial score (nSPS) is 9.09. The molecule has 3 nitrogen and oxygen atoms in total. The van der Waals surface area contributed by atoms with Gasteiger partial charge in [-0.25, -0.2) is 0 Å². The second kappa shape index (κ2) is 8.97. The van der Waals surface area contributed by atoms with E-state index in [0.29, 0.717) is 0 Å². The second-order valence-electron chi connectivity index (χ2n) is 4.48. The van der Waals surface area contributed by atoms with Crippen molar-refractivity contribution in [1.82, 2.24) is 0 Å². The van der Waals surface area contributed by atoms with Crippen LogP contribution >= 0.6 is 0 Å². The highest BCUT2D eigenvalue weighted by Gasteiger charge is 1.88. The molecular weight excluding hydrogens is 270 g/mol. The lowest BCUT2D eigenvalue weighted by molar-refractivity contribution is 1.41. The van der Waals surface area contributed by atoms with Gasteiger partial charge in [0.2, 0.25) is 0 Å². The third-order valence-corrected chi connectivity index (χ3v) is 2.84. The summed E-state index contributed by atoms with van der Waals surface area (Å²) in [5, 5.41) is 0. The number of hydrogen-bond acceptors (Lipinski definition) is 3. The Morgan fingerprint density at radius 1 is 0.545 bits per heavy atom. The van der Waals surface area contributed by atoms with Crippen molar-refractivity contribution in [2.45, 2.75) is 0 Å². The van der Waals surface area contributed by atoms with E-state index in [1.54, 1.807) is 0 Å². The first-order chi connectivity index (χ1) is 10.9. The van der Waals surface area contributed by atoms with E-state index >= 15 is 0 Å². The predicted molar refractivity (Wildman–Crippen MR) is 95.8 cm³/mol. The van der Waals surface area contributed by atoms with Gasteiger partial charge in [-0.1, -0.05) is 54.6 Å². The summed E-state index contributed by atoms with van der Waals surface area (Å²) in [6.07, 6.45) is 0. The van der Waals surface area contributed by atoms with Crippen LogP contribution in [0.2, 0.25) is 0 Å². The monoisotopic (exact) mass is 289 g/mol. The van der Waals surface area contributed by atoms with Crippen LogP contribution in [0.5, 0.6) is 0 Å². The van der Waals surface area contributed by atoms with Gasteiger partial charge in [0, 0.05) is 0 Å². The molecule has 0 heterocycles. The van der Waals surface area contributed by atoms with E-state index in [1.165, 1.54) is 0 Å². The van der Waals surface area contributed by atoms with Crippen LogP contribution in [-0.2, 0) is 0 Å². The molecule has 2 N–H and O–H groups in total. The topological polar surface area (TPSA) is 36.4 Å². The van der Waals surface area contributed by atoms with Gasteiger partial charge in [-0.2, -0.15) is 0 Å². The quantitative estimate of drug-likeness (QED) is 0.515. The fourth-order valence-corrected chi connectivity index (χ4v) is 1.72. The van der Waals surface area contributed by atoms with Crippen molar-refractivity contribution in [3.8, 4) is 0 Å². The van der Waals surface area contributed by atoms with Gasteiger partial charge in [-0.15, -0.1) is 0 Å². The summed E-state index contributed by atoms with van der Waals surface area (Å²) in [7, 11) is 0. The minimum Gasteiger partial charge on any atom is -0.301 e. The van der Waals surface area contributed by atoms with Crippen molar-refractivity contribution in [2.24, 2.45) is 4.99 Å². The summed E-state index contributed by atoms with van der Waals surface area (Å²) in [6, 6.07) is 29.6. The fraction of sp³-hybridized carbons (Fsp3) is 0. The van der Waals surface area contributed by atoms with Crippen LogP contribution in [0.15, 0.2) is 96.0 Å². The molecule has 0 unspecified atom stereocenters. The Hall–Kier alpha value is -3.07. The van der Waals surface area contributed by atoms with Crippen LogP contribution < -0.4 is 10.9 Å². The molecule has 0 aliphatic rings. The first kappa shape index (κ1) is 15.3. The number of rotatable bonds is 4. The minimum absolute atomic E-state index is 0.924. The molecular formula is C19H19N3. The highest BCUT2D eigenvalue weighted by Crippen LogP contribution is 2.08. The average Bonchev–Trinajstić information content (AvgIpc) is 2.63. The summed E-state index contributed by atoms with van der Waals surface area (Å²) >= 11 is 0. The number of nitrogens with zero attached hydrogens (tertiary/aromatic N) is 1. The minimum atomic E-state index is 0.924. The van der Waals surface area contributed by atoms with Crippen molar-refractivity contribution < 1.29 is 0 Å². The fourth-order valence-electron chi connectivity index (χ4n) is 1.72. The van der Waals surface area contributed by atoms with Crippen LogP contribution in [0.25, 0.3) is 0 Å². The first-order valence-electron chi connectivity index (χ1n) is 7.02. The lowest BCUT2D eigenvalue weighted by Gasteiger charge is -2.08. The molecule has 0 atom stereocenters. The number of hydrogen-bond donors (Lipinski definition) is 2. The Bertz CT molecular complexity index is 613. The number of anilines is 2. The number of hydrazine groups is 1. The maximum atomic E-state index is 3.72. The SMILES string of the molecule is C=Nc1ccccc1.c1ccc(NNc2ccccc2)cc1.